The number of aromatic nitrogens is 2. The lowest BCUT2D eigenvalue weighted by atomic mass is 10.1. The third kappa shape index (κ3) is 7.71. The first-order chi connectivity index (χ1) is 12.1. The monoisotopic (exact) mass is 475 g/mol. The fourth-order valence-corrected chi connectivity index (χ4v) is 2.57. The van der Waals surface area contributed by atoms with Crippen molar-refractivity contribution in [2.24, 2.45) is 16.6 Å². The summed E-state index contributed by atoms with van der Waals surface area (Å²) in [5.74, 6) is 1.88. The molecule has 1 saturated heterocycles. The van der Waals surface area contributed by atoms with Gasteiger partial charge in [-0.3, -0.25) is 9.79 Å². The van der Waals surface area contributed by atoms with Crippen LogP contribution in [0.25, 0.3) is 0 Å². The van der Waals surface area contributed by atoms with Crippen molar-refractivity contribution in [1.82, 2.24) is 20.2 Å². The van der Waals surface area contributed by atoms with Gasteiger partial charge in [0.15, 0.2) is 5.96 Å². The average molecular weight is 475 g/mol. The Bertz CT molecular complexity index is 559. The Kier molecular flexibility index (Phi) is 10.2. The second-order valence-corrected chi connectivity index (χ2v) is 6.54. The molecule has 2 heterocycles. The molecule has 0 aliphatic carbocycles. The molecule has 0 spiro atoms. The zero-order chi connectivity index (χ0) is 18.1. The lowest BCUT2D eigenvalue weighted by molar-refractivity contribution is -0.131. The number of carbonyl (C=O) groups is 1. The maximum absolute atomic E-state index is 12.3. The highest BCUT2D eigenvalue weighted by Crippen LogP contribution is 2.10. The molecule has 1 aromatic heterocycles. The van der Waals surface area contributed by atoms with Gasteiger partial charge >= 0.3 is 0 Å². The molecule has 0 bridgehead atoms. The number of halogens is 1. The van der Waals surface area contributed by atoms with Gasteiger partial charge < -0.3 is 20.9 Å². The van der Waals surface area contributed by atoms with Crippen molar-refractivity contribution in [2.45, 2.75) is 26.7 Å². The molecule has 146 valence electrons. The van der Waals surface area contributed by atoms with Gasteiger partial charge in [-0.05, 0) is 18.4 Å². The van der Waals surface area contributed by atoms with E-state index in [0.717, 1.165) is 25.5 Å². The van der Waals surface area contributed by atoms with Crippen molar-refractivity contribution in [3.05, 3.63) is 18.5 Å². The van der Waals surface area contributed by atoms with Crippen LogP contribution in [0.15, 0.2) is 23.5 Å². The molecule has 0 unspecified atom stereocenters. The first-order valence-electron chi connectivity index (χ1n) is 8.90. The minimum Gasteiger partial charge on any atom is -0.370 e. The Labute approximate surface area is 172 Å². The predicted molar refractivity (Wildman–Crippen MR) is 115 cm³/mol. The largest absolute Gasteiger partial charge is 0.370 e. The van der Waals surface area contributed by atoms with Gasteiger partial charge in [0.25, 0.3) is 0 Å². The Balaban J connectivity index is 0.00000338. The van der Waals surface area contributed by atoms with Crippen LogP contribution in [0.5, 0.6) is 0 Å². The number of hydrogen-bond donors (Lipinski definition) is 2. The quantitative estimate of drug-likeness (QED) is 0.348. The smallest absolute Gasteiger partial charge is 0.225 e. The van der Waals surface area contributed by atoms with Crippen molar-refractivity contribution in [3.8, 4) is 0 Å². The number of piperazine rings is 1. The highest BCUT2D eigenvalue weighted by molar-refractivity contribution is 14.0. The number of hydrogen-bond acceptors (Lipinski definition) is 5. The second kappa shape index (κ2) is 11.9. The van der Waals surface area contributed by atoms with Crippen LogP contribution in [0.4, 0.5) is 5.95 Å². The maximum atomic E-state index is 12.3. The van der Waals surface area contributed by atoms with Gasteiger partial charge in [-0.25, -0.2) is 9.97 Å². The van der Waals surface area contributed by atoms with Crippen molar-refractivity contribution < 1.29 is 4.79 Å². The van der Waals surface area contributed by atoms with E-state index in [1.807, 2.05) is 4.90 Å². The third-order valence-electron chi connectivity index (χ3n) is 4.10. The van der Waals surface area contributed by atoms with E-state index in [-0.39, 0.29) is 29.9 Å². The van der Waals surface area contributed by atoms with Gasteiger partial charge in [0.1, 0.15) is 0 Å². The number of rotatable bonds is 7. The summed E-state index contributed by atoms with van der Waals surface area (Å²) in [7, 11) is 0. The first-order valence-corrected chi connectivity index (χ1v) is 8.90. The van der Waals surface area contributed by atoms with Gasteiger partial charge in [-0.1, -0.05) is 13.8 Å². The topological polar surface area (TPSA) is 99.7 Å². The van der Waals surface area contributed by atoms with Crippen LogP contribution in [0, 0.1) is 5.92 Å². The van der Waals surface area contributed by atoms with Crippen LogP contribution >= 0.6 is 24.0 Å². The molecule has 1 amide bonds. The fourth-order valence-electron chi connectivity index (χ4n) is 2.57. The average Bonchev–Trinajstić information content (AvgIpc) is 2.62. The molecule has 1 fully saturated rings. The van der Waals surface area contributed by atoms with E-state index >= 15 is 0 Å². The van der Waals surface area contributed by atoms with E-state index in [1.54, 1.807) is 18.5 Å². The lowest BCUT2D eigenvalue weighted by Crippen LogP contribution is -2.49. The zero-order valence-electron chi connectivity index (χ0n) is 15.6. The second-order valence-electron chi connectivity index (χ2n) is 6.54. The van der Waals surface area contributed by atoms with Crippen molar-refractivity contribution >= 4 is 41.8 Å². The van der Waals surface area contributed by atoms with Crippen LogP contribution < -0.4 is 16.0 Å². The summed E-state index contributed by atoms with van der Waals surface area (Å²) in [5.41, 5.74) is 5.80. The van der Waals surface area contributed by atoms with E-state index in [2.05, 4.69) is 39.0 Å². The van der Waals surface area contributed by atoms with Crippen LogP contribution in [0.1, 0.15) is 26.7 Å². The van der Waals surface area contributed by atoms with E-state index in [9.17, 15) is 4.79 Å². The van der Waals surface area contributed by atoms with Gasteiger partial charge in [-0.15, -0.1) is 24.0 Å². The number of anilines is 1. The predicted octanol–water partition coefficient (Wildman–Crippen LogP) is 1.08. The molecular formula is C17H30IN7O. The molecule has 1 aromatic rings. The minimum atomic E-state index is 0. The highest BCUT2D eigenvalue weighted by atomic mass is 127. The molecule has 8 nitrogen and oxygen atoms in total. The van der Waals surface area contributed by atoms with E-state index in [4.69, 9.17) is 5.73 Å². The normalized spacial score (nSPS) is 15.0. The molecule has 0 aromatic carbocycles. The molecular weight excluding hydrogens is 445 g/mol. The number of guanidine groups is 1. The number of nitrogens with zero attached hydrogens (tertiary/aromatic N) is 5. The summed E-state index contributed by atoms with van der Waals surface area (Å²) < 4.78 is 0. The fraction of sp³-hybridized carbons (Fsp3) is 0.647. The molecule has 0 radical (unpaired) electrons. The minimum absolute atomic E-state index is 0. The zero-order valence-corrected chi connectivity index (χ0v) is 17.9. The first kappa shape index (κ1) is 22.4. The van der Waals surface area contributed by atoms with Crippen LogP contribution in [0.3, 0.4) is 0 Å². The van der Waals surface area contributed by atoms with Gasteiger partial charge in [0.05, 0.1) is 0 Å². The molecule has 1 aliphatic rings. The Hall–Kier alpha value is -1.65. The van der Waals surface area contributed by atoms with Gasteiger partial charge in [-0.2, -0.15) is 0 Å². The number of carbonyl (C=O) groups excluding carboxylic acids is 1. The van der Waals surface area contributed by atoms with Crippen molar-refractivity contribution in [2.75, 3.05) is 44.2 Å². The number of aliphatic imine (C=N–C) groups is 1. The van der Waals surface area contributed by atoms with Crippen molar-refractivity contribution in [3.63, 3.8) is 0 Å². The summed E-state index contributed by atoms with van der Waals surface area (Å²) in [4.78, 5) is 29.0. The lowest BCUT2D eigenvalue weighted by Gasteiger charge is -2.34. The standard InChI is InChI=1S/C17H29N7O.HI/c1-14(2)4-8-19-16(18)20-9-5-15(25)23-10-12-24(13-11-23)17-21-6-3-7-22-17;/h3,6-7,14H,4-5,8-13H2,1-2H3,(H3,18,19,20);1H. The number of amides is 1. The van der Waals surface area contributed by atoms with Crippen LogP contribution in [0.2, 0.25) is 0 Å². The van der Waals surface area contributed by atoms with Crippen molar-refractivity contribution in [1.29, 1.82) is 0 Å². The van der Waals surface area contributed by atoms with Gasteiger partial charge in [0, 0.05) is 58.1 Å². The summed E-state index contributed by atoms with van der Waals surface area (Å²) in [6.45, 7) is 8.42. The summed E-state index contributed by atoms with van der Waals surface area (Å²) in [6, 6.07) is 1.80. The Morgan fingerprint density at radius 1 is 1.27 bits per heavy atom. The molecule has 2 rings (SSSR count). The van der Waals surface area contributed by atoms with E-state index < -0.39 is 0 Å². The Morgan fingerprint density at radius 3 is 2.54 bits per heavy atom. The molecule has 9 heteroatoms. The van der Waals surface area contributed by atoms with E-state index in [1.165, 1.54) is 0 Å². The number of nitrogens with one attached hydrogen (secondary N) is 1. The third-order valence-corrected chi connectivity index (χ3v) is 4.10. The molecule has 0 saturated carbocycles. The maximum Gasteiger partial charge on any atom is 0.225 e. The van der Waals surface area contributed by atoms with E-state index in [0.29, 0.717) is 44.5 Å². The number of nitrogens with two attached hydrogens (primary N) is 1. The summed E-state index contributed by atoms with van der Waals surface area (Å²) >= 11 is 0. The SMILES string of the molecule is CC(C)CCN=C(N)NCCC(=O)N1CCN(c2ncccn2)CC1.I. The van der Waals surface area contributed by atoms with Crippen LogP contribution in [-0.2, 0) is 4.79 Å². The molecule has 1 aliphatic heterocycles. The van der Waals surface area contributed by atoms with Gasteiger partial charge in [0.2, 0.25) is 11.9 Å². The Morgan fingerprint density at radius 2 is 1.92 bits per heavy atom. The summed E-state index contributed by atoms with van der Waals surface area (Å²) in [6.07, 6.45) is 4.90. The van der Waals surface area contributed by atoms with Crippen LogP contribution in [-0.4, -0.2) is 66.0 Å². The molecule has 0 atom stereocenters. The molecule has 3 N–H and O–H groups in total. The molecule has 26 heavy (non-hydrogen) atoms. The summed E-state index contributed by atoms with van der Waals surface area (Å²) in [5, 5.41) is 3.01. The highest BCUT2D eigenvalue weighted by Gasteiger charge is 2.21.